The Morgan fingerprint density at radius 2 is 1.78 bits per heavy atom. The zero-order valence-electron chi connectivity index (χ0n) is 16.4. The van der Waals surface area contributed by atoms with Crippen LogP contribution in [0, 0.1) is 13.8 Å². The lowest BCUT2D eigenvalue weighted by Crippen LogP contribution is -2.05. The molecule has 0 bridgehead atoms. The molecule has 6 nitrogen and oxygen atoms in total. The Labute approximate surface area is 159 Å². The number of aryl methyl sites for hydroxylation is 1. The minimum absolute atomic E-state index is 0.148. The second-order valence-corrected chi connectivity index (χ2v) is 6.42. The largest absolute Gasteiger partial charge is 0.496 e. The van der Waals surface area contributed by atoms with Crippen molar-refractivity contribution in [3.05, 3.63) is 52.6 Å². The first-order chi connectivity index (χ1) is 13.1. The predicted molar refractivity (Wildman–Crippen MR) is 103 cm³/mol. The molecule has 1 aliphatic rings. The molecular weight excluding hydrogens is 346 g/mol. The summed E-state index contributed by atoms with van der Waals surface area (Å²) in [6, 6.07) is 9.85. The summed E-state index contributed by atoms with van der Waals surface area (Å²) in [5.41, 5.74) is 5.18. The monoisotopic (exact) mass is 371 g/mol. The molecule has 144 valence electrons. The highest BCUT2D eigenvalue weighted by Crippen LogP contribution is 2.36. The molecule has 27 heavy (non-hydrogen) atoms. The summed E-state index contributed by atoms with van der Waals surface area (Å²) < 4.78 is 21.4. The van der Waals surface area contributed by atoms with Crippen molar-refractivity contribution in [2.24, 2.45) is 5.16 Å². The summed E-state index contributed by atoms with van der Waals surface area (Å²) in [6.07, 6.45) is 0.491. The van der Waals surface area contributed by atoms with E-state index in [9.17, 15) is 0 Å². The van der Waals surface area contributed by atoms with Gasteiger partial charge in [0, 0.05) is 19.1 Å². The number of oxime groups is 1. The molecule has 0 saturated heterocycles. The number of hydrogen-bond donors (Lipinski definition) is 0. The average molecular weight is 371 g/mol. The second kappa shape index (κ2) is 8.31. The van der Waals surface area contributed by atoms with Gasteiger partial charge in [-0.15, -0.1) is 0 Å². The molecule has 6 heteroatoms. The van der Waals surface area contributed by atoms with E-state index in [0.29, 0.717) is 17.9 Å². The van der Waals surface area contributed by atoms with Gasteiger partial charge in [0.25, 0.3) is 0 Å². The molecule has 2 aromatic rings. The van der Waals surface area contributed by atoms with Crippen molar-refractivity contribution in [2.75, 3.05) is 28.1 Å². The summed E-state index contributed by atoms with van der Waals surface area (Å²) in [6.45, 7) is 4.26. The molecule has 0 fully saturated rings. The Morgan fingerprint density at radius 1 is 1.00 bits per heavy atom. The van der Waals surface area contributed by atoms with Crippen molar-refractivity contribution in [2.45, 2.75) is 26.4 Å². The molecule has 3 rings (SSSR count). The van der Waals surface area contributed by atoms with Gasteiger partial charge in [-0.1, -0.05) is 11.2 Å². The van der Waals surface area contributed by atoms with E-state index in [-0.39, 0.29) is 12.9 Å². The van der Waals surface area contributed by atoms with Crippen molar-refractivity contribution in [3.63, 3.8) is 0 Å². The molecule has 0 amide bonds. The van der Waals surface area contributed by atoms with Gasteiger partial charge in [0.05, 0.1) is 19.9 Å². The molecule has 1 heterocycles. The first-order valence-corrected chi connectivity index (χ1v) is 8.75. The van der Waals surface area contributed by atoms with Gasteiger partial charge in [0.1, 0.15) is 5.75 Å². The van der Waals surface area contributed by atoms with Crippen LogP contribution in [0.1, 0.15) is 34.8 Å². The minimum atomic E-state index is -0.177. The molecule has 0 aromatic heterocycles. The van der Waals surface area contributed by atoms with Gasteiger partial charge in [-0.3, -0.25) is 0 Å². The standard InChI is InChI=1S/C21H25NO5/c1-13-8-16(10-19(25-5)14(13)2)17-11-20(27-22-17)15-6-7-18(24-4)21(9-15)26-12-23-3/h6-10,20H,11-12H2,1-5H3. The van der Waals surface area contributed by atoms with Crippen LogP contribution in [-0.2, 0) is 9.57 Å². The average Bonchev–Trinajstić information content (AvgIpc) is 3.18. The fraction of sp³-hybridized carbons (Fsp3) is 0.381. The third-order valence-electron chi connectivity index (χ3n) is 4.73. The lowest BCUT2D eigenvalue weighted by Gasteiger charge is -2.14. The molecular formula is C21H25NO5. The third kappa shape index (κ3) is 4.01. The van der Waals surface area contributed by atoms with Crippen LogP contribution >= 0.6 is 0 Å². The van der Waals surface area contributed by atoms with Gasteiger partial charge in [-0.05, 0) is 54.8 Å². The number of methoxy groups -OCH3 is 3. The van der Waals surface area contributed by atoms with Crippen molar-refractivity contribution >= 4 is 5.71 Å². The molecule has 1 atom stereocenters. The van der Waals surface area contributed by atoms with Crippen LogP contribution in [0.25, 0.3) is 0 Å². The lowest BCUT2D eigenvalue weighted by atomic mass is 9.97. The summed E-state index contributed by atoms with van der Waals surface area (Å²) in [4.78, 5) is 5.70. The van der Waals surface area contributed by atoms with Crippen LogP contribution < -0.4 is 14.2 Å². The van der Waals surface area contributed by atoms with Gasteiger partial charge in [-0.25, -0.2) is 0 Å². The number of ether oxygens (including phenoxy) is 4. The zero-order valence-corrected chi connectivity index (χ0v) is 16.4. The summed E-state index contributed by atoms with van der Waals surface area (Å²) in [5.74, 6) is 2.12. The quantitative estimate of drug-likeness (QED) is 0.684. The Bertz CT molecular complexity index is 847. The highest BCUT2D eigenvalue weighted by atomic mass is 16.7. The molecule has 0 aliphatic carbocycles. The maximum absolute atomic E-state index is 5.70. The highest BCUT2D eigenvalue weighted by molar-refractivity contribution is 6.02. The lowest BCUT2D eigenvalue weighted by molar-refractivity contribution is 0.0484. The summed E-state index contributed by atoms with van der Waals surface area (Å²) in [7, 11) is 4.86. The van der Waals surface area contributed by atoms with E-state index >= 15 is 0 Å². The van der Waals surface area contributed by atoms with Crippen LogP contribution in [-0.4, -0.2) is 33.8 Å². The van der Waals surface area contributed by atoms with E-state index in [2.05, 4.69) is 18.1 Å². The van der Waals surface area contributed by atoms with E-state index in [4.69, 9.17) is 23.8 Å². The number of benzene rings is 2. The van der Waals surface area contributed by atoms with E-state index in [0.717, 1.165) is 33.7 Å². The fourth-order valence-corrected chi connectivity index (χ4v) is 3.06. The zero-order chi connectivity index (χ0) is 19.4. The van der Waals surface area contributed by atoms with Crippen LogP contribution in [0.3, 0.4) is 0 Å². The Morgan fingerprint density at radius 3 is 2.48 bits per heavy atom. The Kier molecular flexibility index (Phi) is 5.86. The minimum Gasteiger partial charge on any atom is -0.496 e. The summed E-state index contributed by atoms with van der Waals surface area (Å²) in [5, 5.41) is 4.31. The van der Waals surface area contributed by atoms with Crippen molar-refractivity contribution in [1.29, 1.82) is 0 Å². The maximum atomic E-state index is 5.70. The molecule has 0 saturated carbocycles. The second-order valence-electron chi connectivity index (χ2n) is 6.42. The van der Waals surface area contributed by atoms with Gasteiger partial charge < -0.3 is 23.8 Å². The molecule has 1 aliphatic heterocycles. The fourth-order valence-electron chi connectivity index (χ4n) is 3.06. The van der Waals surface area contributed by atoms with E-state index in [1.807, 2.05) is 31.2 Å². The highest BCUT2D eigenvalue weighted by Gasteiger charge is 2.26. The van der Waals surface area contributed by atoms with Crippen LogP contribution in [0.2, 0.25) is 0 Å². The molecule has 0 spiro atoms. The number of nitrogens with zero attached hydrogens (tertiary/aromatic N) is 1. The smallest absolute Gasteiger partial charge is 0.188 e. The summed E-state index contributed by atoms with van der Waals surface area (Å²) >= 11 is 0. The van der Waals surface area contributed by atoms with Crippen LogP contribution in [0.15, 0.2) is 35.5 Å². The van der Waals surface area contributed by atoms with Crippen LogP contribution in [0.4, 0.5) is 0 Å². The Hall–Kier alpha value is -2.73. The number of hydrogen-bond acceptors (Lipinski definition) is 6. The predicted octanol–water partition coefficient (Wildman–Crippen LogP) is 4.17. The van der Waals surface area contributed by atoms with Crippen LogP contribution in [0.5, 0.6) is 17.2 Å². The topological polar surface area (TPSA) is 58.5 Å². The molecule has 0 radical (unpaired) electrons. The molecule has 0 N–H and O–H groups in total. The van der Waals surface area contributed by atoms with Crippen molar-refractivity contribution < 1.29 is 23.8 Å². The van der Waals surface area contributed by atoms with E-state index < -0.39 is 0 Å². The van der Waals surface area contributed by atoms with Gasteiger partial charge in [0.15, 0.2) is 24.4 Å². The third-order valence-corrected chi connectivity index (χ3v) is 4.73. The molecule has 2 aromatic carbocycles. The van der Waals surface area contributed by atoms with Gasteiger partial charge >= 0.3 is 0 Å². The maximum Gasteiger partial charge on any atom is 0.188 e. The normalized spacial score (nSPS) is 15.9. The van der Waals surface area contributed by atoms with Gasteiger partial charge in [-0.2, -0.15) is 0 Å². The number of rotatable bonds is 7. The van der Waals surface area contributed by atoms with Gasteiger partial charge in [0.2, 0.25) is 0 Å². The van der Waals surface area contributed by atoms with E-state index in [1.54, 1.807) is 21.3 Å². The van der Waals surface area contributed by atoms with E-state index in [1.165, 1.54) is 0 Å². The SMILES string of the molecule is COCOc1cc(C2CC(c3cc(C)c(C)c(OC)c3)=NO2)ccc1OC. The first-order valence-electron chi connectivity index (χ1n) is 8.75. The molecule has 1 unspecified atom stereocenters. The Balaban J connectivity index is 1.80. The van der Waals surface area contributed by atoms with Crippen molar-refractivity contribution in [1.82, 2.24) is 0 Å². The van der Waals surface area contributed by atoms with Crippen molar-refractivity contribution in [3.8, 4) is 17.2 Å². The first kappa shape index (κ1) is 19.0.